The van der Waals surface area contributed by atoms with Crippen LogP contribution in [0, 0.1) is 24.5 Å². The number of carbonyl (C=O) groups excluding carboxylic acids is 1. The van der Waals surface area contributed by atoms with Gasteiger partial charge in [-0.25, -0.2) is 18.6 Å². The maximum Gasteiger partial charge on any atom is 0.347 e. The van der Waals surface area contributed by atoms with E-state index in [0.29, 0.717) is 17.1 Å². The number of carbonyl (C=O) groups is 2. The second-order valence-electron chi connectivity index (χ2n) is 6.09. The Morgan fingerprint density at radius 2 is 2.00 bits per heavy atom. The molecule has 1 heterocycles. The van der Waals surface area contributed by atoms with Crippen LogP contribution in [0.1, 0.15) is 51.2 Å². The summed E-state index contributed by atoms with van der Waals surface area (Å²) in [5.41, 5.74) is 0.347. The standard InChI is InChI=1S/C17H16F2N2O3S/c1-7-14(17(23)24)25-16(21-7)8(2)20-15(22)10-6-9(10)13-11(18)4-3-5-12(13)19/h3-5,8-10H,6H2,1-2H3,(H,20,22)(H,23,24). The number of hydrogen-bond donors (Lipinski definition) is 2. The third kappa shape index (κ3) is 3.39. The minimum absolute atomic E-state index is 0.0476. The molecule has 3 unspecified atom stereocenters. The predicted octanol–water partition coefficient (Wildman–Crippen LogP) is 3.41. The van der Waals surface area contributed by atoms with Crippen molar-refractivity contribution in [3.63, 3.8) is 0 Å². The molecule has 25 heavy (non-hydrogen) atoms. The number of aromatic nitrogens is 1. The summed E-state index contributed by atoms with van der Waals surface area (Å²) >= 11 is 1.01. The van der Waals surface area contributed by atoms with Gasteiger partial charge in [0, 0.05) is 17.4 Å². The van der Waals surface area contributed by atoms with Gasteiger partial charge in [0.25, 0.3) is 0 Å². The molecule has 0 radical (unpaired) electrons. The zero-order valence-electron chi connectivity index (χ0n) is 13.5. The number of hydrogen-bond acceptors (Lipinski definition) is 4. The molecule has 5 nitrogen and oxygen atoms in total. The van der Waals surface area contributed by atoms with Gasteiger partial charge in [0.1, 0.15) is 21.5 Å². The fraction of sp³-hybridized carbons (Fsp3) is 0.353. The summed E-state index contributed by atoms with van der Waals surface area (Å²) in [6, 6.07) is 3.18. The van der Waals surface area contributed by atoms with E-state index in [0.717, 1.165) is 11.3 Å². The molecule has 0 spiro atoms. The lowest BCUT2D eigenvalue weighted by molar-refractivity contribution is -0.123. The van der Waals surface area contributed by atoms with Gasteiger partial charge in [-0.2, -0.15) is 0 Å². The molecule has 1 saturated carbocycles. The lowest BCUT2D eigenvalue weighted by atomic mass is 10.1. The highest BCUT2D eigenvalue weighted by Crippen LogP contribution is 2.49. The highest BCUT2D eigenvalue weighted by atomic mass is 32.1. The van der Waals surface area contributed by atoms with Crippen LogP contribution in [0.5, 0.6) is 0 Å². The fourth-order valence-corrected chi connectivity index (χ4v) is 3.76. The zero-order valence-corrected chi connectivity index (χ0v) is 14.4. The van der Waals surface area contributed by atoms with Crippen molar-refractivity contribution in [1.82, 2.24) is 10.3 Å². The number of thiazole rings is 1. The number of carboxylic acids is 1. The molecule has 1 amide bonds. The lowest BCUT2D eigenvalue weighted by Crippen LogP contribution is -2.28. The molecule has 1 aliphatic carbocycles. The summed E-state index contributed by atoms with van der Waals surface area (Å²) in [5.74, 6) is -3.62. The zero-order chi connectivity index (χ0) is 18.3. The van der Waals surface area contributed by atoms with Crippen molar-refractivity contribution in [2.45, 2.75) is 32.2 Å². The van der Waals surface area contributed by atoms with Crippen LogP contribution in [-0.4, -0.2) is 22.0 Å². The van der Waals surface area contributed by atoms with Crippen molar-refractivity contribution < 1.29 is 23.5 Å². The monoisotopic (exact) mass is 366 g/mol. The van der Waals surface area contributed by atoms with E-state index in [1.807, 2.05) is 0 Å². The second kappa shape index (κ2) is 6.51. The maximum absolute atomic E-state index is 13.8. The van der Waals surface area contributed by atoms with Gasteiger partial charge < -0.3 is 10.4 Å². The molecule has 1 aliphatic rings. The molecule has 2 N–H and O–H groups in total. The van der Waals surface area contributed by atoms with E-state index >= 15 is 0 Å². The molecule has 3 rings (SSSR count). The average Bonchev–Trinajstić information content (AvgIpc) is 3.21. The van der Waals surface area contributed by atoms with Gasteiger partial charge in [-0.15, -0.1) is 11.3 Å². The Kier molecular flexibility index (Phi) is 4.55. The first-order chi connectivity index (χ1) is 11.8. The van der Waals surface area contributed by atoms with Crippen molar-refractivity contribution in [2.75, 3.05) is 0 Å². The maximum atomic E-state index is 13.8. The number of nitrogens with one attached hydrogen (secondary N) is 1. The summed E-state index contributed by atoms with van der Waals surface area (Å²) < 4.78 is 27.6. The van der Waals surface area contributed by atoms with Gasteiger partial charge in [0.05, 0.1) is 11.7 Å². The first kappa shape index (κ1) is 17.5. The van der Waals surface area contributed by atoms with Crippen LogP contribution in [0.3, 0.4) is 0 Å². The normalized spacial score (nSPS) is 20.2. The summed E-state index contributed by atoms with van der Waals surface area (Å²) in [4.78, 5) is 27.7. The molecular weight excluding hydrogens is 350 g/mol. The van der Waals surface area contributed by atoms with E-state index in [9.17, 15) is 18.4 Å². The Morgan fingerprint density at radius 3 is 2.56 bits per heavy atom. The highest BCUT2D eigenvalue weighted by Gasteiger charge is 2.47. The number of amides is 1. The van der Waals surface area contributed by atoms with Crippen LogP contribution in [-0.2, 0) is 4.79 Å². The third-order valence-electron chi connectivity index (χ3n) is 4.23. The topological polar surface area (TPSA) is 79.3 Å². The Hall–Kier alpha value is -2.35. The molecule has 1 fully saturated rings. The van der Waals surface area contributed by atoms with E-state index in [-0.39, 0.29) is 16.3 Å². The van der Waals surface area contributed by atoms with Gasteiger partial charge in [-0.1, -0.05) is 6.07 Å². The molecule has 0 aliphatic heterocycles. The molecule has 3 atom stereocenters. The number of rotatable bonds is 5. The van der Waals surface area contributed by atoms with Crippen LogP contribution < -0.4 is 5.32 Å². The van der Waals surface area contributed by atoms with E-state index in [4.69, 9.17) is 5.11 Å². The van der Waals surface area contributed by atoms with Crippen molar-refractivity contribution >= 4 is 23.2 Å². The Bertz CT molecular complexity index is 832. The van der Waals surface area contributed by atoms with Crippen molar-refractivity contribution in [3.05, 3.63) is 51.0 Å². The third-order valence-corrected chi connectivity index (χ3v) is 5.56. The minimum atomic E-state index is -1.06. The molecule has 1 aromatic carbocycles. The lowest BCUT2D eigenvalue weighted by Gasteiger charge is -2.11. The molecule has 2 aromatic rings. The van der Waals surface area contributed by atoms with Crippen molar-refractivity contribution in [1.29, 1.82) is 0 Å². The molecule has 132 valence electrons. The van der Waals surface area contributed by atoms with Gasteiger partial charge >= 0.3 is 5.97 Å². The van der Waals surface area contributed by atoms with Crippen LogP contribution in [0.2, 0.25) is 0 Å². The van der Waals surface area contributed by atoms with Crippen LogP contribution in [0.4, 0.5) is 8.78 Å². The van der Waals surface area contributed by atoms with Gasteiger partial charge in [-0.3, -0.25) is 4.79 Å². The summed E-state index contributed by atoms with van der Waals surface area (Å²) in [6.07, 6.45) is 0.383. The number of benzene rings is 1. The van der Waals surface area contributed by atoms with Gasteiger partial charge in [0.2, 0.25) is 5.91 Å². The Labute approximate surface area is 146 Å². The van der Waals surface area contributed by atoms with Crippen molar-refractivity contribution in [3.8, 4) is 0 Å². The van der Waals surface area contributed by atoms with Crippen LogP contribution >= 0.6 is 11.3 Å². The van der Waals surface area contributed by atoms with Crippen LogP contribution in [0.15, 0.2) is 18.2 Å². The van der Waals surface area contributed by atoms with E-state index in [1.54, 1.807) is 13.8 Å². The quantitative estimate of drug-likeness (QED) is 0.850. The number of halogens is 2. The summed E-state index contributed by atoms with van der Waals surface area (Å²) in [7, 11) is 0. The molecule has 1 aromatic heterocycles. The molecule has 8 heteroatoms. The van der Waals surface area contributed by atoms with Crippen molar-refractivity contribution in [2.24, 2.45) is 5.92 Å². The molecule has 0 saturated heterocycles. The predicted molar refractivity (Wildman–Crippen MR) is 87.6 cm³/mol. The number of aromatic carboxylic acids is 1. The fourth-order valence-electron chi connectivity index (χ4n) is 2.85. The van der Waals surface area contributed by atoms with E-state index < -0.39 is 35.5 Å². The van der Waals surface area contributed by atoms with E-state index in [2.05, 4.69) is 10.3 Å². The van der Waals surface area contributed by atoms with Crippen LogP contribution in [0.25, 0.3) is 0 Å². The Morgan fingerprint density at radius 1 is 1.36 bits per heavy atom. The Balaban J connectivity index is 1.67. The number of carboxylic acid groups (broad SMARTS) is 1. The highest BCUT2D eigenvalue weighted by molar-refractivity contribution is 7.13. The smallest absolute Gasteiger partial charge is 0.347 e. The number of aryl methyl sites for hydroxylation is 1. The second-order valence-corrected chi connectivity index (χ2v) is 7.12. The summed E-state index contributed by atoms with van der Waals surface area (Å²) in [6.45, 7) is 3.29. The SMILES string of the molecule is Cc1nc(C(C)NC(=O)C2CC2c2c(F)cccc2F)sc1C(=O)O. The summed E-state index contributed by atoms with van der Waals surface area (Å²) in [5, 5.41) is 12.3. The number of nitrogens with zero attached hydrogens (tertiary/aromatic N) is 1. The first-order valence-electron chi connectivity index (χ1n) is 7.74. The van der Waals surface area contributed by atoms with Gasteiger partial charge in [0.15, 0.2) is 0 Å². The molecule has 0 bridgehead atoms. The average molecular weight is 366 g/mol. The first-order valence-corrected chi connectivity index (χ1v) is 8.56. The minimum Gasteiger partial charge on any atom is -0.477 e. The molecular formula is C17H16F2N2O3S. The largest absolute Gasteiger partial charge is 0.477 e. The van der Waals surface area contributed by atoms with E-state index in [1.165, 1.54) is 18.2 Å². The van der Waals surface area contributed by atoms with Gasteiger partial charge in [-0.05, 0) is 32.4 Å².